The van der Waals surface area contributed by atoms with Crippen LogP contribution >= 0.6 is 22.6 Å². The van der Waals surface area contributed by atoms with E-state index in [0.717, 1.165) is 17.9 Å². The number of ether oxygens (including phenoxy) is 1. The summed E-state index contributed by atoms with van der Waals surface area (Å²) in [4.78, 5) is -0.0666. The summed E-state index contributed by atoms with van der Waals surface area (Å²) in [5.41, 5.74) is 3.49. The first-order valence-electron chi connectivity index (χ1n) is 11.0. The third-order valence-corrected chi connectivity index (χ3v) is 9.11. The van der Waals surface area contributed by atoms with Crippen LogP contribution in [0.2, 0.25) is 11.1 Å². The van der Waals surface area contributed by atoms with E-state index < -0.39 is 10.1 Å². The average molecular weight is 597 g/mol. The van der Waals surface area contributed by atoms with Gasteiger partial charge in [0, 0.05) is 13.1 Å². The fourth-order valence-electron chi connectivity index (χ4n) is 3.08. The van der Waals surface area contributed by atoms with Crippen molar-refractivity contribution in [1.82, 2.24) is 0 Å². The maximum atomic E-state index is 10.5. The monoisotopic (exact) mass is 596 g/mol. The van der Waals surface area contributed by atoms with Gasteiger partial charge >= 0.3 is 0 Å². The van der Waals surface area contributed by atoms with Gasteiger partial charge in [-0.15, -0.1) is 0 Å². The molecule has 7 heteroatoms. The van der Waals surface area contributed by atoms with Crippen LogP contribution < -0.4 is 4.74 Å². The van der Waals surface area contributed by atoms with Crippen molar-refractivity contribution in [2.75, 3.05) is 6.61 Å². The Kier molecular flexibility index (Phi) is 10.6. The average Bonchev–Trinajstić information content (AvgIpc) is 2.74. The van der Waals surface area contributed by atoms with Gasteiger partial charge in [0.05, 0.1) is 11.5 Å². The lowest BCUT2D eigenvalue weighted by Gasteiger charge is -2.16. The first-order chi connectivity index (χ1) is 15.5. The van der Waals surface area contributed by atoms with Crippen molar-refractivity contribution in [3.05, 3.63) is 81.9 Å². The Bertz CT molecular complexity index is 1110. The van der Waals surface area contributed by atoms with Crippen LogP contribution in [-0.4, -0.2) is 29.1 Å². The molecule has 0 heterocycles. The molecule has 3 rings (SSSR count). The molecule has 0 amide bonds. The zero-order valence-electron chi connectivity index (χ0n) is 19.7. The lowest BCUT2D eigenvalue weighted by Crippen LogP contribution is -2.09. The third kappa shape index (κ3) is 10.4. The van der Waals surface area contributed by atoms with Gasteiger partial charge in [-0.25, -0.2) is 0 Å². The molecule has 0 fully saturated rings. The summed E-state index contributed by atoms with van der Waals surface area (Å²) in [6.45, 7) is 9.73. The summed E-state index contributed by atoms with van der Waals surface area (Å²) in [7, 11) is -4.00. The van der Waals surface area contributed by atoms with Crippen LogP contribution in [0.15, 0.2) is 77.7 Å². The van der Waals surface area contributed by atoms with Crippen LogP contribution in [0.3, 0.4) is 0 Å². The summed E-state index contributed by atoms with van der Waals surface area (Å²) < 4.78 is 36.7. The highest BCUT2D eigenvalue weighted by Gasteiger charge is 2.10. The van der Waals surface area contributed by atoms with Crippen molar-refractivity contribution in [2.24, 2.45) is 0 Å². The predicted octanol–water partition coefficient (Wildman–Crippen LogP) is 6.77. The van der Waals surface area contributed by atoms with Crippen molar-refractivity contribution in [3.8, 4) is 16.9 Å². The summed E-state index contributed by atoms with van der Waals surface area (Å²) >= 11 is 2.38. The third-order valence-electron chi connectivity index (χ3n) is 4.95. The van der Waals surface area contributed by atoms with Crippen LogP contribution in [0.1, 0.15) is 32.8 Å². The highest BCUT2D eigenvalue weighted by atomic mass is 127. The van der Waals surface area contributed by atoms with E-state index in [-0.39, 0.29) is 14.4 Å². The molecule has 0 radical (unpaired) electrons. The highest BCUT2D eigenvalue weighted by molar-refractivity contribution is 14.1. The summed E-state index contributed by atoms with van der Waals surface area (Å²) in [6.07, 6.45) is 1.18. The lowest BCUT2D eigenvalue weighted by molar-refractivity contribution is 0.317. The van der Waals surface area contributed by atoms with Crippen LogP contribution in [0.4, 0.5) is 0 Å². The molecule has 0 aliphatic carbocycles. The van der Waals surface area contributed by atoms with Gasteiger partial charge in [0.25, 0.3) is 10.1 Å². The van der Waals surface area contributed by atoms with E-state index in [4.69, 9.17) is 9.29 Å². The number of benzene rings is 3. The van der Waals surface area contributed by atoms with E-state index in [1.54, 1.807) is 12.1 Å². The number of aryl methyl sites for hydroxylation is 1. The van der Waals surface area contributed by atoms with Gasteiger partial charge in [-0.2, -0.15) is 8.42 Å². The fraction of sp³-hybridized carbons (Fsp3) is 0.308. The summed E-state index contributed by atoms with van der Waals surface area (Å²) in [6, 6.07) is 24.3. The maximum Gasteiger partial charge on any atom is 0.294 e. The van der Waals surface area contributed by atoms with Crippen LogP contribution in [0, 0.1) is 10.5 Å². The van der Waals surface area contributed by atoms with Gasteiger partial charge in [-0.3, -0.25) is 4.55 Å². The Morgan fingerprint density at radius 3 is 2.09 bits per heavy atom. The van der Waals surface area contributed by atoms with E-state index >= 15 is 0 Å². The minimum atomic E-state index is -4.02. The van der Waals surface area contributed by atoms with E-state index in [1.165, 1.54) is 39.3 Å². The van der Waals surface area contributed by atoms with Gasteiger partial charge in [0.1, 0.15) is 5.75 Å². The van der Waals surface area contributed by atoms with E-state index in [0.29, 0.717) is 5.04 Å². The molecule has 33 heavy (non-hydrogen) atoms. The minimum Gasteiger partial charge on any atom is -0.494 e. The Hall–Kier alpha value is -1.68. The summed E-state index contributed by atoms with van der Waals surface area (Å²) in [5.74, 6) is 0.979. The molecular weight excluding hydrogens is 563 g/mol. The number of rotatable bonds is 7. The first-order valence-corrected chi connectivity index (χ1v) is 15.2. The molecule has 0 aromatic heterocycles. The molecule has 0 unspecified atom stereocenters. The molecule has 178 valence electrons. The molecule has 3 aromatic rings. The second-order valence-electron chi connectivity index (χ2n) is 9.16. The Morgan fingerprint density at radius 1 is 0.939 bits per heavy atom. The molecule has 0 saturated heterocycles. The van der Waals surface area contributed by atoms with E-state index in [2.05, 4.69) is 91.9 Å². The Morgan fingerprint density at radius 2 is 1.55 bits per heavy atom. The van der Waals surface area contributed by atoms with Crippen LogP contribution in [-0.2, 0) is 10.1 Å². The summed E-state index contributed by atoms with van der Waals surface area (Å²) in [5, 5.41) is 0.564. The minimum absolute atomic E-state index is 0.0226. The second kappa shape index (κ2) is 12.7. The molecule has 3 aromatic carbocycles. The standard InChI is InChI=1S/C19H25IOSi.C7H8O3S/c1-19(2,3)22-14-6-13-21-16-11-9-15(10-12-16)17-7-4-5-8-18(17)20;1-6-2-4-7(5-3-6)11(8,9)10/h4-5,7-12H,6,13-14,22H2,1-3H3;2-5H,1H3,(H,8,9,10). The van der Waals surface area contributed by atoms with Gasteiger partial charge in [-0.05, 0) is 82.4 Å². The van der Waals surface area contributed by atoms with Crippen molar-refractivity contribution in [1.29, 1.82) is 0 Å². The second-order valence-corrected chi connectivity index (χ2v) is 15.1. The van der Waals surface area contributed by atoms with Gasteiger partial charge in [-0.1, -0.05) is 74.8 Å². The number of halogens is 1. The van der Waals surface area contributed by atoms with Crippen LogP contribution in [0.5, 0.6) is 5.75 Å². The number of hydrogen-bond acceptors (Lipinski definition) is 3. The molecule has 0 saturated carbocycles. The van der Waals surface area contributed by atoms with Crippen molar-refractivity contribution < 1.29 is 17.7 Å². The van der Waals surface area contributed by atoms with E-state index in [1.807, 2.05) is 6.92 Å². The van der Waals surface area contributed by atoms with Gasteiger partial charge in [0.2, 0.25) is 0 Å². The SMILES string of the molecule is CC(C)(C)[SiH2]CCCOc1ccc(-c2ccccc2I)cc1.Cc1ccc(S(=O)(=O)O)cc1. The zero-order valence-corrected chi connectivity index (χ0v) is 24.1. The van der Waals surface area contributed by atoms with Crippen molar-refractivity contribution >= 4 is 42.2 Å². The predicted molar refractivity (Wildman–Crippen MR) is 149 cm³/mol. The molecular formula is C26H33IO4SSi. The highest BCUT2D eigenvalue weighted by Crippen LogP contribution is 2.27. The Labute approximate surface area is 214 Å². The largest absolute Gasteiger partial charge is 0.494 e. The topological polar surface area (TPSA) is 63.6 Å². The zero-order chi connectivity index (χ0) is 24.5. The normalized spacial score (nSPS) is 11.8. The smallest absolute Gasteiger partial charge is 0.294 e. The van der Waals surface area contributed by atoms with Crippen molar-refractivity contribution in [3.63, 3.8) is 0 Å². The molecule has 0 bridgehead atoms. The van der Waals surface area contributed by atoms with Gasteiger partial charge < -0.3 is 4.74 Å². The molecule has 4 nitrogen and oxygen atoms in total. The first kappa shape index (κ1) is 27.6. The van der Waals surface area contributed by atoms with Crippen molar-refractivity contribution in [2.45, 2.75) is 50.1 Å². The molecule has 0 atom stereocenters. The quantitative estimate of drug-likeness (QED) is 0.142. The van der Waals surface area contributed by atoms with Gasteiger partial charge in [0.15, 0.2) is 0 Å². The van der Waals surface area contributed by atoms with Crippen LogP contribution in [0.25, 0.3) is 11.1 Å². The molecule has 0 aliphatic heterocycles. The maximum absolute atomic E-state index is 10.5. The molecule has 0 aliphatic rings. The van der Waals surface area contributed by atoms with E-state index in [9.17, 15) is 8.42 Å². The molecule has 1 N–H and O–H groups in total. The fourth-order valence-corrected chi connectivity index (χ4v) is 5.78. The number of hydrogen-bond donors (Lipinski definition) is 1. The lowest BCUT2D eigenvalue weighted by atomic mass is 10.1. The molecule has 0 spiro atoms. The Balaban J connectivity index is 0.000000294.